The zero-order valence-electron chi connectivity index (χ0n) is 21.0. The average Bonchev–Trinajstić information content (AvgIpc) is 3.61. The number of nitriles is 2. The Bertz CT molecular complexity index is 1410. The second kappa shape index (κ2) is 10.5. The van der Waals surface area contributed by atoms with E-state index in [1.54, 1.807) is 10.9 Å². The van der Waals surface area contributed by atoms with E-state index in [4.69, 9.17) is 11.0 Å². The van der Waals surface area contributed by atoms with Crippen LogP contribution in [-0.4, -0.2) is 39.6 Å². The number of primary amides is 1. The van der Waals surface area contributed by atoms with Crippen LogP contribution in [-0.2, 0) is 16.9 Å². The molecule has 0 bridgehead atoms. The molecule has 5 rings (SSSR count). The average molecular weight is 508 g/mol. The summed E-state index contributed by atoms with van der Waals surface area (Å²) in [5.74, 6) is -1.67. The topological polar surface area (TPSA) is 141 Å². The molecule has 0 spiro atoms. The fourth-order valence-electron chi connectivity index (χ4n) is 5.18. The number of nitrogens with two attached hydrogens (primary N) is 1. The summed E-state index contributed by atoms with van der Waals surface area (Å²) in [6, 6.07) is 23.2. The van der Waals surface area contributed by atoms with Crippen molar-refractivity contribution in [2.75, 3.05) is 18.4 Å². The van der Waals surface area contributed by atoms with Crippen molar-refractivity contribution in [3.05, 3.63) is 71.9 Å². The molecule has 2 heterocycles. The van der Waals surface area contributed by atoms with E-state index >= 15 is 0 Å². The summed E-state index contributed by atoms with van der Waals surface area (Å²) >= 11 is 0. The minimum absolute atomic E-state index is 0.0874. The largest absolute Gasteiger partial charge is 0.365 e. The van der Waals surface area contributed by atoms with Gasteiger partial charge in [-0.1, -0.05) is 54.6 Å². The molecule has 3 N–H and O–H groups in total. The molecule has 9 heteroatoms. The molecule has 2 aromatic carbocycles. The lowest BCUT2D eigenvalue weighted by molar-refractivity contribution is -0.117. The van der Waals surface area contributed by atoms with E-state index in [9.17, 15) is 14.9 Å². The molecule has 38 heavy (non-hydrogen) atoms. The number of hydrogen-bond acceptors (Lipinski definition) is 6. The Kier molecular flexibility index (Phi) is 6.95. The number of aromatic nitrogens is 2. The number of nitrogens with zero attached hydrogens (tertiary/aromatic N) is 5. The number of hydrogen-bond donors (Lipinski definition) is 2. The number of rotatable bonds is 8. The Labute approximate surface area is 221 Å². The van der Waals surface area contributed by atoms with Gasteiger partial charge in [0.2, 0.25) is 5.91 Å². The highest BCUT2D eigenvalue weighted by atomic mass is 16.2. The lowest BCUT2D eigenvalue weighted by atomic mass is 9.84. The highest BCUT2D eigenvalue weighted by Gasteiger charge is 2.44. The Morgan fingerprint density at radius 1 is 1.05 bits per heavy atom. The highest BCUT2D eigenvalue weighted by Crippen LogP contribution is 2.39. The van der Waals surface area contributed by atoms with Crippen LogP contribution in [0, 0.1) is 34.5 Å². The number of likely N-dealkylation sites (tertiary alicyclic amines) is 1. The van der Waals surface area contributed by atoms with Gasteiger partial charge in [0.25, 0.3) is 5.91 Å². The molecular formula is C29H29N7O2. The van der Waals surface area contributed by atoms with Gasteiger partial charge in [-0.3, -0.25) is 19.2 Å². The predicted molar refractivity (Wildman–Crippen MR) is 141 cm³/mol. The van der Waals surface area contributed by atoms with Crippen molar-refractivity contribution in [2.24, 2.45) is 17.6 Å². The van der Waals surface area contributed by atoms with Gasteiger partial charge in [0.1, 0.15) is 5.56 Å². The molecule has 1 aliphatic carbocycles. The standard InChI is InChI=1S/C29H29N7O2/c30-13-10-29(36-19-25(26(32)37)27(34-36)33-28(38)24-16-23(24)17-31)11-14-35(15-12-29)18-20-6-8-22(9-7-20)21-4-2-1-3-5-21/h1-9,19,23-24H,10-12,14-16,18H2,(H2,32,37)(H,33,34,38)/t23-,24+/m1/s1. The van der Waals surface area contributed by atoms with Crippen LogP contribution in [0.15, 0.2) is 60.8 Å². The van der Waals surface area contributed by atoms with Crippen molar-refractivity contribution in [1.82, 2.24) is 14.7 Å². The van der Waals surface area contributed by atoms with E-state index in [2.05, 4.69) is 63.9 Å². The molecule has 2 atom stereocenters. The van der Waals surface area contributed by atoms with Gasteiger partial charge >= 0.3 is 0 Å². The van der Waals surface area contributed by atoms with Gasteiger partial charge in [0.05, 0.1) is 35.9 Å². The molecule has 1 saturated carbocycles. The summed E-state index contributed by atoms with van der Waals surface area (Å²) in [5.41, 5.74) is 8.66. The van der Waals surface area contributed by atoms with Gasteiger partial charge in [-0.25, -0.2) is 0 Å². The summed E-state index contributed by atoms with van der Waals surface area (Å²) in [5, 5.41) is 25.9. The smallest absolute Gasteiger partial charge is 0.254 e. The summed E-state index contributed by atoms with van der Waals surface area (Å²) in [4.78, 5) is 27.0. The molecule has 2 fully saturated rings. The van der Waals surface area contributed by atoms with E-state index in [0.717, 1.165) is 19.6 Å². The predicted octanol–water partition coefficient (Wildman–Crippen LogP) is 3.65. The van der Waals surface area contributed by atoms with Crippen molar-refractivity contribution in [1.29, 1.82) is 10.5 Å². The van der Waals surface area contributed by atoms with Gasteiger partial charge in [-0.15, -0.1) is 0 Å². The fourth-order valence-corrected chi connectivity index (χ4v) is 5.18. The van der Waals surface area contributed by atoms with Crippen LogP contribution < -0.4 is 11.1 Å². The molecule has 0 unspecified atom stereocenters. The number of carbonyl (C=O) groups is 2. The van der Waals surface area contributed by atoms with Gasteiger partial charge < -0.3 is 11.1 Å². The van der Waals surface area contributed by atoms with Crippen molar-refractivity contribution in [3.63, 3.8) is 0 Å². The molecule has 2 aliphatic rings. The van der Waals surface area contributed by atoms with Gasteiger partial charge in [0.15, 0.2) is 5.82 Å². The lowest BCUT2D eigenvalue weighted by Crippen LogP contribution is -2.46. The monoisotopic (exact) mass is 507 g/mol. The maximum absolute atomic E-state index is 12.5. The molecule has 9 nitrogen and oxygen atoms in total. The summed E-state index contributed by atoms with van der Waals surface area (Å²) in [7, 11) is 0. The Balaban J connectivity index is 1.28. The van der Waals surface area contributed by atoms with Gasteiger partial charge in [-0.05, 0) is 36.0 Å². The third-order valence-electron chi connectivity index (χ3n) is 7.66. The number of nitrogens with one attached hydrogen (secondary N) is 1. The second-order valence-electron chi connectivity index (χ2n) is 10.2. The van der Waals surface area contributed by atoms with Crippen molar-refractivity contribution in [2.45, 2.75) is 37.8 Å². The first-order valence-electron chi connectivity index (χ1n) is 12.8. The molecule has 0 radical (unpaired) electrons. The first-order chi connectivity index (χ1) is 18.4. The molecule has 192 valence electrons. The third-order valence-corrected chi connectivity index (χ3v) is 7.66. The number of carbonyl (C=O) groups excluding carboxylic acids is 2. The Hall–Kier alpha value is -4.47. The highest BCUT2D eigenvalue weighted by molar-refractivity contribution is 6.03. The van der Waals surface area contributed by atoms with Crippen LogP contribution in [0.2, 0.25) is 0 Å². The van der Waals surface area contributed by atoms with E-state index in [0.29, 0.717) is 19.3 Å². The minimum atomic E-state index is -0.706. The minimum Gasteiger partial charge on any atom is -0.365 e. The van der Waals surface area contributed by atoms with E-state index in [1.165, 1.54) is 16.7 Å². The van der Waals surface area contributed by atoms with Crippen LogP contribution in [0.5, 0.6) is 0 Å². The van der Waals surface area contributed by atoms with Gasteiger partial charge in [-0.2, -0.15) is 15.6 Å². The SMILES string of the molecule is N#CCC1(n2cc(C(N)=O)c(NC(=O)[C@H]3C[C@@H]3C#N)n2)CCN(Cc2ccc(-c3ccccc3)cc2)CC1. The fraction of sp³-hybridized carbons (Fsp3) is 0.345. The summed E-state index contributed by atoms with van der Waals surface area (Å²) < 4.78 is 1.65. The molecule has 2 amide bonds. The molecule has 1 aliphatic heterocycles. The zero-order chi connectivity index (χ0) is 26.7. The van der Waals surface area contributed by atoms with Crippen LogP contribution in [0.1, 0.15) is 41.6 Å². The van der Waals surface area contributed by atoms with Crippen LogP contribution >= 0.6 is 0 Å². The molecular weight excluding hydrogens is 478 g/mol. The maximum atomic E-state index is 12.5. The summed E-state index contributed by atoms with van der Waals surface area (Å²) in [6.45, 7) is 2.30. The zero-order valence-corrected chi connectivity index (χ0v) is 21.0. The van der Waals surface area contributed by atoms with E-state index < -0.39 is 17.4 Å². The maximum Gasteiger partial charge on any atom is 0.254 e. The van der Waals surface area contributed by atoms with Crippen LogP contribution in [0.4, 0.5) is 5.82 Å². The van der Waals surface area contributed by atoms with Crippen molar-refractivity contribution in [3.8, 4) is 23.3 Å². The number of anilines is 1. The van der Waals surface area contributed by atoms with Crippen LogP contribution in [0.25, 0.3) is 11.1 Å². The van der Waals surface area contributed by atoms with Gasteiger partial charge in [0, 0.05) is 25.8 Å². The quantitative estimate of drug-likeness (QED) is 0.477. The molecule has 1 saturated heterocycles. The first-order valence-corrected chi connectivity index (χ1v) is 12.8. The Morgan fingerprint density at radius 2 is 1.74 bits per heavy atom. The normalized spacial score (nSPS) is 20.2. The lowest BCUT2D eigenvalue weighted by Gasteiger charge is -2.40. The first kappa shape index (κ1) is 25.2. The number of amides is 2. The number of piperidine rings is 1. The summed E-state index contributed by atoms with van der Waals surface area (Å²) in [6.07, 6.45) is 3.59. The van der Waals surface area contributed by atoms with Crippen LogP contribution in [0.3, 0.4) is 0 Å². The van der Waals surface area contributed by atoms with Crippen molar-refractivity contribution >= 4 is 17.6 Å². The molecule has 1 aromatic heterocycles. The molecule has 3 aromatic rings. The van der Waals surface area contributed by atoms with E-state index in [1.807, 2.05) is 18.2 Å². The third kappa shape index (κ3) is 5.15. The second-order valence-corrected chi connectivity index (χ2v) is 10.2. The number of benzene rings is 2. The van der Waals surface area contributed by atoms with Crippen molar-refractivity contribution < 1.29 is 9.59 Å². The Morgan fingerprint density at radius 3 is 2.34 bits per heavy atom. The van der Waals surface area contributed by atoms with E-state index in [-0.39, 0.29) is 29.6 Å².